The molecule has 0 fully saturated rings. The molecule has 0 atom stereocenters. The second-order valence-corrected chi connectivity index (χ2v) is 1.92. The van der Waals surface area contributed by atoms with Crippen molar-refractivity contribution in [3.63, 3.8) is 0 Å². The van der Waals surface area contributed by atoms with Gasteiger partial charge in [-0.25, -0.2) is 0 Å². The minimum Gasteiger partial charge on any atom is -0.374 e. The van der Waals surface area contributed by atoms with Crippen LogP contribution in [-0.2, 0) is 0 Å². The lowest BCUT2D eigenvalue weighted by Crippen LogP contribution is -1.99. The Morgan fingerprint density at radius 1 is 1.70 bits per heavy atom. The van der Waals surface area contributed by atoms with Gasteiger partial charge in [0.2, 0.25) is 0 Å². The Kier molecular flexibility index (Phi) is 2.10. The first kappa shape index (κ1) is 6.86. The van der Waals surface area contributed by atoms with Crippen LogP contribution < -0.4 is 5.32 Å². The first-order valence-corrected chi connectivity index (χ1v) is 3.15. The highest BCUT2D eigenvalue weighted by atomic mass is 15.1. The number of hydrogen-bond donors (Lipinski definition) is 1. The van der Waals surface area contributed by atoms with Crippen LogP contribution in [0.5, 0.6) is 0 Å². The molecule has 3 nitrogen and oxygen atoms in total. The predicted octanol–water partition coefficient (Wildman–Crippen LogP) is 1.04. The Balaban J connectivity index is 2.90. The smallest absolute Gasteiger partial charge is 0.110 e. The van der Waals surface area contributed by atoms with Crippen molar-refractivity contribution in [2.45, 2.75) is 0 Å². The molecule has 1 aromatic rings. The summed E-state index contributed by atoms with van der Waals surface area (Å²) in [6.45, 7) is 0. The maximum atomic E-state index is 3.88. The molecular formula is C7H11N3. The molecule has 1 aromatic heterocycles. The van der Waals surface area contributed by atoms with Gasteiger partial charge < -0.3 is 5.32 Å². The summed E-state index contributed by atoms with van der Waals surface area (Å²) in [7, 11) is 3.63. The lowest BCUT2D eigenvalue weighted by atomic mass is 10.6. The van der Waals surface area contributed by atoms with E-state index in [1.807, 2.05) is 29.9 Å². The van der Waals surface area contributed by atoms with E-state index in [9.17, 15) is 0 Å². The number of anilines is 1. The fourth-order valence-electron chi connectivity index (χ4n) is 0.831. The largest absolute Gasteiger partial charge is 0.374 e. The van der Waals surface area contributed by atoms with Gasteiger partial charge in [-0.3, -0.25) is 9.56 Å². The summed E-state index contributed by atoms with van der Waals surface area (Å²) in [6.07, 6.45) is 3.70. The van der Waals surface area contributed by atoms with Crippen molar-refractivity contribution in [3.8, 4) is 0 Å². The van der Waals surface area contributed by atoms with Crippen LogP contribution in [0.1, 0.15) is 0 Å². The van der Waals surface area contributed by atoms with E-state index in [0.717, 1.165) is 5.82 Å². The number of nitrogens with zero attached hydrogens (tertiary/aromatic N) is 2. The summed E-state index contributed by atoms with van der Waals surface area (Å²) in [6, 6.07) is 3.95. The zero-order valence-corrected chi connectivity index (χ0v) is 6.20. The zero-order chi connectivity index (χ0) is 7.40. The van der Waals surface area contributed by atoms with Crippen molar-refractivity contribution in [1.82, 2.24) is 4.57 Å². The van der Waals surface area contributed by atoms with Gasteiger partial charge in [0.05, 0.1) is 6.34 Å². The summed E-state index contributed by atoms with van der Waals surface area (Å²) >= 11 is 0. The van der Waals surface area contributed by atoms with Crippen LogP contribution in [-0.4, -0.2) is 25.0 Å². The van der Waals surface area contributed by atoms with Crippen molar-refractivity contribution in [2.75, 3.05) is 19.4 Å². The summed E-state index contributed by atoms with van der Waals surface area (Å²) in [4.78, 5) is 3.88. The molecule has 0 amide bonds. The van der Waals surface area contributed by atoms with Crippen LogP contribution in [0.15, 0.2) is 23.3 Å². The molecule has 0 saturated carbocycles. The van der Waals surface area contributed by atoms with Gasteiger partial charge in [-0.15, -0.1) is 0 Å². The molecule has 1 heterocycles. The van der Waals surface area contributed by atoms with Crippen molar-refractivity contribution in [2.24, 2.45) is 4.99 Å². The van der Waals surface area contributed by atoms with E-state index in [1.54, 1.807) is 13.4 Å². The van der Waals surface area contributed by atoms with Crippen molar-refractivity contribution in [3.05, 3.63) is 18.3 Å². The number of rotatable bonds is 2. The summed E-state index contributed by atoms with van der Waals surface area (Å²) in [5.74, 6) is 1.05. The molecule has 0 radical (unpaired) electrons. The fourth-order valence-corrected chi connectivity index (χ4v) is 0.831. The Morgan fingerprint density at radius 2 is 2.50 bits per heavy atom. The van der Waals surface area contributed by atoms with Gasteiger partial charge >= 0.3 is 0 Å². The summed E-state index contributed by atoms with van der Waals surface area (Å²) < 4.78 is 1.92. The average molecular weight is 137 g/mol. The van der Waals surface area contributed by atoms with Crippen LogP contribution in [0.4, 0.5) is 5.82 Å². The molecule has 0 spiro atoms. The molecule has 0 bridgehead atoms. The van der Waals surface area contributed by atoms with Crippen LogP contribution >= 0.6 is 0 Å². The van der Waals surface area contributed by atoms with E-state index in [-0.39, 0.29) is 0 Å². The van der Waals surface area contributed by atoms with Crippen molar-refractivity contribution < 1.29 is 0 Å². The second-order valence-electron chi connectivity index (χ2n) is 1.92. The SMILES string of the molecule is C/N=C\n1cccc1NC. The molecule has 0 aliphatic carbocycles. The molecule has 54 valence electrons. The highest BCUT2D eigenvalue weighted by Crippen LogP contribution is 2.03. The Labute approximate surface area is 60.4 Å². The highest BCUT2D eigenvalue weighted by molar-refractivity contribution is 5.65. The molecule has 0 aliphatic rings. The molecular weight excluding hydrogens is 126 g/mol. The molecule has 3 heteroatoms. The van der Waals surface area contributed by atoms with E-state index >= 15 is 0 Å². The lowest BCUT2D eigenvalue weighted by Gasteiger charge is -1.99. The Hall–Kier alpha value is -1.25. The molecule has 10 heavy (non-hydrogen) atoms. The number of aromatic nitrogens is 1. The van der Waals surface area contributed by atoms with E-state index in [2.05, 4.69) is 10.3 Å². The number of hydrogen-bond acceptors (Lipinski definition) is 2. The number of aliphatic imine (C=N–C) groups is 1. The quantitative estimate of drug-likeness (QED) is 0.479. The maximum Gasteiger partial charge on any atom is 0.110 e. The minimum absolute atomic E-state index is 1.05. The van der Waals surface area contributed by atoms with Crippen LogP contribution in [0, 0.1) is 0 Å². The summed E-state index contributed by atoms with van der Waals surface area (Å²) in [5.41, 5.74) is 0. The molecule has 0 unspecified atom stereocenters. The van der Waals surface area contributed by atoms with Gasteiger partial charge in [-0.1, -0.05) is 0 Å². The van der Waals surface area contributed by atoms with Crippen LogP contribution in [0.25, 0.3) is 0 Å². The van der Waals surface area contributed by atoms with Gasteiger partial charge in [-0.05, 0) is 12.1 Å². The van der Waals surface area contributed by atoms with Crippen LogP contribution in [0.3, 0.4) is 0 Å². The summed E-state index contributed by atoms with van der Waals surface area (Å²) in [5, 5.41) is 3.03. The van der Waals surface area contributed by atoms with E-state index in [1.165, 1.54) is 0 Å². The molecule has 0 aliphatic heterocycles. The zero-order valence-electron chi connectivity index (χ0n) is 6.20. The Bertz CT molecular complexity index is 225. The first-order chi connectivity index (χ1) is 4.88. The lowest BCUT2D eigenvalue weighted by molar-refractivity contribution is 1.17. The Morgan fingerprint density at radius 3 is 3.10 bits per heavy atom. The standard InChI is InChI=1S/C7H11N3/c1-8-6-10-5-3-4-7(10)9-2/h3-6,9H,1-2H3/b8-6-. The normalized spacial score (nSPS) is 10.6. The second kappa shape index (κ2) is 3.06. The van der Waals surface area contributed by atoms with Gasteiger partial charge in [-0.2, -0.15) is 0 Å². The van der Waals surface area contributed by atoms with Crippen molar-refractivity contribution in [1.29, 1.82) is 0 Å². The van der Waals surface area contributed by atoms with E-state index in [0.29, 0.717) is 0 Å². The highest BCUT2D eigenvalue weighted by Gasteiger charge is 1.91. The van der Waals surface area contributed by atoms with E-state index < -0.39 is 0 Å². The average Bonchev–Trinajstić information content (AvgIpc) is 2.36. The predicted molar refractivity (Wildman–Crippen MR) is 43.8 cm³/mol. The molecule has 0 saturated heterocycles. The number of nitrogens with one attached hydrogen (secondary N) is 1. The third kappa shape index (κ3) is 1.18. The van der Waals surface area contributed by atoms with Crippen LogP contribution in [0.2, 0.25) is 0 Å². The van der Waals surface area contributed by atoms with Gasteiger partial charge in [0.25, 0.3) is 0 Å². The van der Waals surface area contributed by atoms with Gasteiger partial charge in [0.15, 0.2) is 0 Å². The minimum atomic E-state index is 1.05. The van der Waals surface area contributed by atoms with Gasteiger partial charge in [0, 0.05) is 20.3 Å². The topological polar surface area (TPSA) is 29.3 Å². The van der Waals surface area contributed by atoms with Crippen molar-refractivity contribution >= 4 is 12.2 Å². The fraction of sp³-hybridized carbons (Fsp3) is 0.286. The first-order valence-electron chi connectivity index (χ1n) is 3.15. The molecule has 1 rings (SSSR count). The third-order valence-corrected chi connectivity index (χ3v) is 1.27. The monoisotopic (exact) mass is 137 g/mol. The molecule has 0 aromatic carbocycles. The third-order valence-electron chi connectivity index (χ3n) is 1.27. The molecule has 1 N–H and O–H groups in total. The van der Waals surface area contributed by atoms with Gasteiger partial charge in [0.1, 0.15) is 5.82 Å². The maximum absolute atomic E-state index is 3.88. The van der Waals surface area contributed by atoms with E-state index in [4.69, 9.17) is 0 Å².